The normalized spacial score (nSPS) is 14.4. The zero-order valence-electron chi connectivity index (χ0n) is 47.4. The fraction of sp³-hybridized carbons (Fsp3) is 0.742. The van der Waals surface area contributed by atoms with Crippen LogP contribution in [-0.4, -0.2) is 74.3 Å². The van der Waals surface area contributed by atoms with Gasteiger partial charge in [-0.15, -0.1) is 0 Å². The predicted octanol–water partition coefficient (Wildman–Crippen LogP) is 17.8. The highest BCUT2D eigenvalue weighted by Crippen LogP contribution is 2.43. The first-order valence-electron chi connectivity index (χ1n) is 29.4. The highest BCUT2D eigenvalue weighted by Gasteiger charge is 2.30. The summed E-state index contributed by atoms with van der Waals surface area (Å²) < 4.78 is 30.6. The van der Waals surface area contributed by atoms with Crippen LogP contribution in [-0.2, 0) is 27.9 Å². The zero-order valence-corrected chi connectivity index (χ0v) is 48.3. The number of phosphoric ester groups is 1. The lowest BCUT2D eigenvalue weighted by atomic mass is 10.0. The van der Waals surface area contributed by atoms with E-state index in [2.05, 4.69) is 99.0 Å². The largest absolute Gasteiger partial charge is 0.472 e. The van der Waals surface area contributed by atoms with Crippen molar-refractivity contribution in [2.75, 3.05) is 40.9 Å². The van der Waals surface area contributed by atoms with E-state index in [9.17, 15) is 19.0 Å². The third kappa shape index (κ3) is 52.1. The van der Waals surface area contributed by atoms with Gasteiger partial charge in [0.05, 0.1) is 33.8 Å². The Bertz CT molecular complexity index is 1510. The van der Waals surface area contributed by atoms with Gasteiger partial charge in [0.1, 0.15) is 19.3 Å². The number of phosphoric acid groups is 1. The minimum absolute atomic E-state index is 0.0269. The van der Waals surface area contributed by atoms with Crippen LogP contribution < -0.4 is 5.32 Å². The summed E-state index contributed by atoms with van der Waals surface area (Å²) in [4.78, 5) is 37.6. The van der Waals surface area contributed by atoms with Crippen LogP contribution in [0.5, 0.6) is 0 Å². The Morgan fingerprint density at radius 1 is 0.486 bits per heavy atom. The van der Waals surface area contributed by atoms with Gasteiger partial charge in [-0.3, -0.25) is 18.6 Å². The molecule has 0 aliphatic heterocycles. The SMILES string of the molecule is CCCCC/C=C\C/C=C\C/C=C\C/C=C\CCCC(=O)OC(/C=C/CCCCCCCCCCCC)C(COP(=O)(O)OCC[N+](C)(C)C)NC(=O)CCCCCCCCC/C=C\C/C=C\CCCCC. The first-order chi connectivity index (χ1) is 34.9. The second-order valence-corrected chi connectivity index (χ2v) is 22.3. The van der Waals surface area contributed by atoms with Crippen LogP contribution in [0.3, 0.4) is 0 Å². The Labute approximate surface area is 444 Å². The predicted molar refractivity (Wildman–Crippen MR) is 309 cm³/mol. The fourth-order valence-electron chi connectivity index (χ4n) is 7.96. The molecule has 10 heteroatoms. The molecule has 3 atom stereocenters. The van der Waals surface area contributed by atoms with Crippen molar-refractivity contribution in [1.29, 1.82) is 0 Å². The van der Waals surface area contributed by atoms with Crippen molar-refractivity contribution in [2.24, 2.45) is 0 Å². The summed E-state index contributed by atoms with van der Waals surface area (Å²) in [6.07, 6.45) is 67.2. The lowest BCUT2D eigenvalue weighted by Gasteiger charge is -2.27. The monoisotopic (exact) mass is 1030 g/mol. The summed E-state index contributed by atoms with van der Waals surface area (Å²) in [6, 6.07) is -0.878. The van der Waals surface area contributed by atoms with Crippen LogP contribution in [0.2, 0.25) is 0 Å². The van der Waals surface area contributed by atoms with Crippen molar-refractivity contribution in [1.82, 2.24) is 5.32 Å². The van der Waals surface area contributed by atoms with E-state index in [0.717, 1.165) is 83.5 Å². The third-order valence-corrected chi connectivity index (χ3v) is 13.5. The summed E-state index contributed by atoms with van der Waals surface area (Å²) >= 11 is 0. The molecule has 72 heavy (non-hydrogen) atoms. The Morgan fingerprint density at radius 3 is 1.32 bits per heavy atom. The van der Waals surface area contributed by atoms with Crippen molar-refractivity contribution < 1.29 is 37.3 Å². The molecule has 0 saturated carbocycles. The topological polar surface area (TPSA) is 111 Å². The minimum atomic E-state index is -4.46. The molecule has 0 rings (SSSR count). The molecular weight excluding hydrogens is 916 g/mol. The van der Waals surface area contributed by atoms with E-state index in [1.165, 1.54) is 122 Å². The van der Waals surface area contributed by atoms with E-state index in [4.69, 9.17) is 13.8 Å². The van der Waals surface area contributed by atoms with Crippen LogP contribution in [0, 0.1) is 0 Å². The molecule has 3 unspecified atom stereocenters. The highest BCUT2D eigenvalue weighted by atomic mass is 31.2. The van der Waals surface area contributed by atoms with E-state index in [1.54, 1.807) is 0 Å². The molecule has 0 heterocycles. The average Bonchev–Trinajstić information content (AvgIpc) is 3.34. The Balaban J connectivity index is 5.44. The number of carbonyl (C=O) groups excluding carboxylic acids is 2. The summed E-state index contributed by atoms with van der Waals surface area (Å²) in [5.41, 5.74) is 0. The van der Waals surface area contributed by atoms with Gasteiger partial charge in [0, 0.05) is 12.8 Å². The minimum Gasteiger partial charge on any atom is -0.456 e. The van der Waals surface area contributed by atoms with E-state index in [0.29, 0.717) is 23.9 Å². The molecule has 0 aromatic carbocycles. The second kappa shape index (κ2) is 51.7. The molecule has 0 aliphatic rings. The third-order valence-electron chi connectivity index (χ3n) is 12.6. The summed E-state index contributed by atoms with van der Waals surface area (Å²) in [6.45, 7) is 6.91. The standard InChI is InChI=1S/C62H111N2O7P/c1-7-10-13-16-19-22-25-28-30-32-34-36-39-42-45-48-51-54-61(65)63-59(58-70-72(67,68)69-57-56-64(4,5)6)60(53-50-47-44-41-38-27-24-21-18-15-12-9-3)71-62(66)55-52-49-46-43-40-37-35-33-31-29-26-23-20-17-14-11-8-2/h19-20,22-23,28-31,35,37,43,46,50,53,59-60H,7-18,21,24-27,32-34,36,38-42,44-45,47-49,51-52,54-58H2,1-6H3,(H-,63,65,67,68)/p+1/b22-19-,23-20-,30-28-,31-29-,37-35-,46-43-,53-50+. The highest BCUT2D eigenvalue weighted by molar-refractivity contribution is 7.47. The Morgan fingerprint density at radius 2 is 0.861 bits per heavy atom. The quantitative estimate of drug-likeness (QED) is 0.0205. The molecule has 0 spiro atoms. The number of hydrogen-bond donors (Lipinski definition) is 2. The zero-order chi connectivity index (χ0) is 52.9. The van der Waals surface area contributed by atoms with E-state index >= 15 is 0 Å². The number of unbranched alkanes of at least 4 members (excludes halogenated alkanes) is 24. The average molecular weight is 1030 g/mol. The van der Waals surface area contributed by atoms with Crippen LogP contribution >= 0.6 is 7.82 Å². The maximum absolute atomic E-state index is 13.5. The van der Waals surface area contributed by atoms with Crippen molar-refractivity contribution in [3.8, 4) is 0 Å². The molecule has 0 aromatic heterocycles. The molecule has 9 nitrogen and oxygen atoms in total. The smallest absolute Gasteiger partial charge is 0.456 e. The number of allylic oxidation sites excluding steroid dienone is 13. The lowest BCUT2D eigenvalue weighted by molar-refractivity contribution is -0.870. The van der Waals surface area contributed by atoms with Gasteiger partial charge >= 0.3 is 13.8 Å². The van der Waals surface area contributed by atoms with Crippen LogP contribution in [0.15, 0.2) is 85.1 Å². The van der Waals surface area contributed by atoms with Gasteiger partial charge in [-0.1, -0.05) is 215 Å². The van der Waals surface area contributed by atoms with Crippen LogP contribution in [0.25, 0.3) is 0 Å². The first-order valence-corrected chi connectivity index (χ1v) is 30.9. The molecule has 0 aromatic rings. The van der Waals surface area contributed by atoms with Gasteiger partial charge in [0.15, 0.2) is 0 Å². The molecule has 0 saturated heterocycles. The summed E-state index contributed by atoms with van der Waals surface area (Å²) in [5.74, 6) is -0.582. The van der Waals surface area contributed by atoms with E-state index in [1.807, 2.05) is 33.3 Å². The maximum atomic E-state index is 13.5. The number of carbonyl (C=O) groups is 2. The second-order valence-electron chi connectivity index (χ2n) is 20.8. The molecule has 2 N–H and O–H groups in total. The van der Waals surface area contributed by atoms with Gasteiger partial charge in [0.25, 0.3) is 0 Å². The molecule has 0 aliphatic carbocycles. The van der Waals surface area contributed by atoms with Crippen molar-refractivity contribution >= 4 is 19.7 Å². The van der Waals surface area contributed by atoms with E-state index < -0.39 is 20.0 Å². The Kier molecular flexibility index (Phi) is 49.6. The fourth-order valence-corrected chi connectivity index (χ4v) is 8.70. The number of nitrogens with one attached hydrogen (secondary N) is 1. The lowest BCUT2D eigenvalue weighted by Crippen LogP contribution is -2.47. The summed E-state index contributed by atoms with van der Waals surface area (Å²) in [7, 11) is 1.45. The number of nitrogens with zero attached hydrogens (tertiary/aromatic N) is 1. The molecular formula is C62H112N2O7P+. The number of amides is 1. The molecule has 0 fully saturated rings. The first kappa shape index (κ1) is 69.2. The number of hydrogen-bond acceptors (Lipinski definition) is 6. The van der Waals surface area contributed by atoms with Gasteiger partial charge in [0.2, 0.25) is 5.91 Å². The molecule has 1 amide bonds. The number of esters is 1. The van der Waals surface area contributed by atoms with E-state index in [-0.39, 0.29) is 31.5 Å². The van der Waals surface area contributed by atoms with Gasteiger partial charge in [-0.25, -0.2) is 4.57 Å². The van der Waals surface area contributed by atoms with Gasteiger partial charge in [-0.05, 0) is 102 Å². The molecule has 0 radical (unpaired) electrons. The maximum Gasteiger partial charge on any atom is 0.472 e. The van der Waals surface area contributed by atoms with Crippen molar-refractivity contribution in [3.63, 3.8) is 0 Å². The number of rotatable bonds is 52. The van der Waals surface area contributed by atoms with Gasteiger partial charge < -0.3 is 19.4 Å². The molecule has 0 bridgehead atoms. The Hall–Kier alpha value is -2.81. The number of quaternary nitrogens is 1. The number of likely N-dealkylation sites (N-methyl/N-ethyl adjacent to an activating group) is 1. The summed E-state index contributed by atoms with van der Waals surface area (Å²) in [5, 5.41) is 3.03. The van der Waals surface area contributed by atoms with Crippen molar-refractivity contribution in [3.05, 3.63) is 85.1 Å². The van der Waals surface area contributed by atoms with Crippen LogP contribution in [0.4, 0.5) is 0 Å². The van der Waals surface area contributed by atoms with Crippen molar-refractivity contribution in [2.45, 2.75) is 258 Å². The van der Waals surface area contributed by atoms with Crippen LogP contribution in [0.1, 0.15) is 245 Å². The number of ether oxygens (including phenoxy) is 1. The van der Waals surface area contributed by atoms with Gasteiger partial charge in [-0.2, -0.15) is 0 Å². The molecule has 416 valence electrons.